The maximum absolute atomic E-state index is 12.3. The number of rotatable bonds is 2. The van der Waals surface area contributed by atoms with Crippen LogP contribution in [0.1, 0.15) is 32.9 Å². The molecule has 2 rings (SSSR count). The van der Waals surface area contributed by atoms with E-state index in [9.17, 15) is 4.79 Å². The zero-order valence-electron chi connectivity index (χ0n) is 11.7. The minimum absolute atomic E-state index is 0.181. The van der Waals surface area contributed by atoms with Crippen LogP contribution in [0.4, 0.5) is 0 Å². The highest BCUT2D eigenvalue weighted by Crippen LogP contribution is 2.34. The molecule has 1 aromatic rings. The van der Waals surface area contributed by atoms with E-state index in [1.54, 1.807) is 10.9 Å². The lowest BCUT2D eigenvalue weighted by atomic mass is 9.75. The van der Waals surface area contributed by atoms with Crippen molar-refractivity contribution in [2.75, 3.05) is 13.1 Å². The Hall–Kier alpha value is -1.39. The van der Waals surface area contributed by atoms with Gasteiger partial charge in [-0.2, -0.15) is 0 Å². The lowest BCUT2D eigenvalue weighted by Gasteiger charge is -2.43. The molecule has 1 amide bonds. The van der Waals surface area contributed by atoms with E-state index in [1.807, 2.05) is 11.9 Å². The van der Waals surface area contributed by atoms with Crippen molar-refractivity contribution in [3.05, 3.63) is 11.9 Å². The van der Waals surface area contributed by atoms with Crippen molar-refractivity contribution in [3.8, 4) is 0 Å². The first-order chi connectivity index (χ1) is 8.40. The van der Waals surface area contributed by atoms with Crippen molar-refractivity contribution < 1.29 is 4.79 Å². The molecule has 1 atom stereocenters. The summed E-state index contributed by atoms with van der Waals surface area (Å²) >= 11 is 0. The number of aromatic nitrogens is 3. The van der Waals surface area contributed by atoms with Crippen molar-refractivity contribution in [1.82, 2.24) is 19.9 Å². The summed E-state index contributed by atoms with van der Waals surface area (Å²) in [5, 5.41) is 7.65. The number of piperidine rings is 1. The lowest BCUT2D eigenvalue weighted by Crippen LogP contribution is -2.48. The van der Waals surface area contributed by atoms with E-state index in [-0.39, 0.29) is 11.3 Å². The topological polar surface area (TPSA) is 51.0 Å². The van der Waals surface area contributed by atoms with Crippen LogP contribution >= 0.6 is 0 Å². The second-order valence-corrected chi connectivity index (χ2v) is 6.02. The number of likely N-dealkylation sites (tertiary alicyclic amines) is 1. The van der Waals surface area contributed by atoms with E-state index in [1.165, 1.54) is 0 Å². The number of aryl methyl sites for hydroxylation is 1. The molecule has 1 unspecified atom stereocenters. The zero-order valence-corrected chi connectivity index (χ0v) is 11.7. The van der Waals surface area contributed by atoms with Crippen LogP contribution in [0.3, 0.4) is 0 Å². The number of amides is 1. The van der Waals surface area contributed by atoms with Crippen molar-refractivity contribution in [2.24, 2.45) is 18.4 Å². The molecule has 5 nitrogen and oxygen atoms in total. The highest BCUT2D eigenvalue weighted by Gasteiger charge is 2.34. The Balaban J connectivity index is 2.00. The number of nitrogens with zero attached hydrogens (tertiary/aromatic N) is 4. The summed E-state index contributed by atoms with van der Waals surface area (Å²) in [6.07, 6.45) is 3.14. The predicted molar refractivity (Wildman–Crippen MR) is 68.8 cm³/mol. The van der Waals surface area contributed by atoms with Gasteiger partial charge < -0.3 is 4.90 Å². The Kier molecular flexibility index (Phi) is 3.41. The molecular weight excluding hydrogens is 228 g/mol. The summed E-state index contributed by atoms with van der Waals surface area (Å²) in [7, 11) is 1.82. The third-order valence-electron chi connectivity index (χ3n) is 4.26. The van der Waals surface area contributed by atoms with E-state index in [4.69, 9.17) is 0 Å². The smallest absolute Gasteiger partial charge is 0.228 e. The lowest BCUT2D eigenvalue weighted by molar-refractivity contribution is -0.134. The highest BCUT2D eigenvalue weighted by molar-refractivity contribution is 5.78. The molecule has 0 aliphatic carbocycles. The van der Waals surface area contributed by atoms with Crippen LogP contribution in [-0.2, 0) is 18.3 Å². The van der Waals surface area contributed by atoms with E-state index in [2.05, 4.69) is 31.1 Å². The molecular formula is C13H22N4O. The summed E-state index contributed by atoms with van der Waals surface area (Å²) in [4.78, 5) is 14.2. The molecule has 5 heteroatoms. The molecule has 0 spiro atoms. The van der Waals surface area contributed by atoms with E-state index in [0.29, 0.717) is 12.3 Å². The van der Waals surface area contributed by atoms with Gasteiger partial charge in [0.05, 0.1) is 18.3 Å². The molecule has 1 aliphatic heterocycles. The summed E-state index contributed by atoms with van der Waals surface area (Å²) in [5.41, 5.74) is 1.08. The normalized spacial score (nSPS) is 23.1. The highest BCUT2D eigenvalue weighted by atomic mass is 16.2. The van der Waals surface area contributed by atoms with Gasteiger partial charge >= 0.3 is 0 Å². The molecule has 0 saturated carbocycles. The largest absolute Gasteiger partial charge is 0.342 e. The Morgan fingerprint density at radius 2 is 2.28 bits per heavy atom. The molecule has 1 saturated heterocycles. The molecule has 1 fully saturated rings. The van der Waals surface area contributed by atoms with Crippen LogP contribution in [-0.4, -0.2) is 38.9 Å². The summed E-state index contributed by atoms with van der Waals surface area (Å²) in [6, 6.07) is 0. The number of hydrogen-bond donors (Lipinski definition) is 0. The molecule has 0 radical (unpaired) electrons. The maximum Gasteiger partial charge on any atom is 0.228 e. The number of carbonyl (C=O) groups is 1. The van der Waals surface area contributed by atoms with Crippen molar-refractivity contribution >= 4 is 5.91 Å². The molecule has 18 heavy (non-hydrogen) atoms. The molecule has 1 aliphatic rings. The van der Waals surface area contributed by atoms with Crippen LogP contribution in [0, 0.1) is 11.3 Å². The molecule has 1 aromatic heterocycles. The average molecular weight is 250 g/mol. The van der Waals surface area contributed by atoms with Gasteiger partial charge in [0.25, 0.3) is 0 Å². The van der Waals surface area contributed by atoms with E-state index in [0.717, 1.165) is 25.2 Å². The third-order valence-corrected chi connectivity index (χ3v) is 4.26. The van der Waals surface area contributed by atoms with Gasteiger partial charge in [0.2, 0.25) is 5.91 Å². The van der Waals surface area contributed by atoms with Gasteiger partial charge in [-0.05, 0) is 17.8 Å². The molecule has 0 aromatic carbocycles. The fourth-order valence-electron chi connectivity index (χ4n) is 2.42. The van der Waals surface area contributed by atoms with Crippen LogP contribution < -0.4 is 0 Å². The van der Waals surface area contributed by atoms with Crippen LogP contribution in [0.25, 0.3) is 0 Å². The Morgan fingerprint density at radius 1 is 1.56 bits per heavy atom. The SMILES string of the molecule is CC1CCN(C(=O)Cc2cnnn2C)CC1(C)C. The predicted octanol–water partition coefficient (Wildman–Crippen LogP) is 1.25. The van der Waals surface area contributed by atoms with Crippen LogP contribution in [0.2, 0.25) is 0 Å². The van der Waals surface area contributed by atoms with Gasteiger partial charge in [-0.15, -0.1) is 5.10 Å². The molecule has 0 N–H and O–H groups in total. The minimum atomic E-state index is 0.181. The maximum atomic E-state index is 12.3. The van der Waals surface area contributed by atoms with Crippen LogP contribution in [0.15, 0.2) is 6.20 Å². The summed E-state index contributed by atoms with van der Waals surface area (Å²) in [5.74, 6) is 0.847. The van der Waals surface area contributed by atoms with Crippen LogP contribution in [0.5, 0.6) is 0 Å². The Bertz CT molecular complexity index is 438. The summed E-state index contributed by atoms with van der Waals surface area (Å²) in [6.45, 7) is 8.46. The fraction of sp³-hybridized carbons (Fsp3) is 0.769. The van der Waals surface area contributed by atoms with Gasteiger partial charge in [-0.3, -0.25) is 9.48 Å². The van der Waals surface area contributed by atoms with Gasteiger partial charge in [0, 0.05) is 20.1 Å². The first-order valence-corrected chi connectivity index (χ1v) is 6.51. The van der Waals surface area contributed by atoms with E-state index >= 15 is 0 Å². The monoisotopic (exact) mass is 250 g/mol. The summed E-state index contributed by atoms with van der Waals surface area (Å²) < 4.78 is 1.66. The molecule has 0 bridgehead atoms. The van der Waals surface area contributed by atoms with Gasteiger partial charge in [0.15, 0.2) is 0 Å². The van der Waals surface area contributed by atoms with Crippen molar-refractivity contribution in [1.29, 1.82) is 0 Å². The van der Waals surface area contributed by atoms with Crippen molar-refractivity contribution in [3.63, 3.8) is 0 Å². The second kappa shape index (κ2) is 4.71. The first-order valence-electron chi connectivity index (χ1n) is 6.51. The van der Waals surface area contributed by atoms with Crippen molar-refractivity contribution in [2.45, 2.75) is 33.6 Å². The first kappa shape index (κ1) is 13.1. The average Bonchev–Trinajstić information content (AvgIpc) is 2.68. The standard InChI is InChI=1S/C13H22N4O/c1-10-5-6-17(9-13(10,2)3)12(18)7-11-8-14-15-16(11)4/h8,10H,5-7,9H2,1-4H3. The van der Waals surface area contributed by atoms with Gasteiger partial charge in [-0.25, -0.2) is 0 Å². The second-order valence-electron chi connectivity index (χ2n) is 6.02. The fourth-order valence-corrected chi connectivity index (χ4v) is 2.42. The zero-order chi connectivity index (χ0) is 13.3. The third kappa shape index (κ3) is 2.54. The number of hydrogen-bond acceptors (Lipinski definition) is 3. The Labute approximate surface area is 108 Å². The van der Waals surface area contributed by atoms with Gasteiger partial charge in [0.1, 0.15) is 0 Å². The molecule has 100 valence electrons. The Morgan fingerprint density at radius 3 is 2.83 bits per heavy atom. The quantitative estimate of drug-likeness (QED) is 0.794. The number of carbonyl (C=O) groups excluding carboxylic acids is 1. The molecule has 2 heterocycles. The van der Waals surface area contributed by atoms with Gasteiger partial charge in [-0.1, -0.05) is 26.0 Å². The minimum Gasteiger partial charge on any atom is -0.342 e. The van der Waals surface area contributed by atoms with E-state index < -0.39 is 0 Å².